The van der Waals surface area contributed by atoms with Gasteiger partial charge < -0.3 is 4.74 Å². The molecule has 0 bridgehead atoms. The summed E-state index contributed by atoms with van der Waals surface area (Å²) in [4.78, 5) is 0. The van der Waals surface area contributed by atoms with Crippen LogP contribution in [0.3, 0.4) is 0 Å². The van der Waals surface area contributed by atoms with Gasteiger partial charge in [-0.25, -0.2) is 0 Å². The lowest BCUT2D eigenvalue weighted by atomic mass is 9.97. The zero-order valence-electron chi connectivity index (χ0n) is 10.9. The molecular formula is C14H27ClO. The minimum atomic E-state index is 0.349. The normalized spacial score (nSPS) is 30.6. The van der Waals surface area contributed by atoms with E-state index in [4.69, 9.17) is 16.3 Å². The fraction of sp³-hybridized carbons (Fsp3) is 1.00. The summed E-state index contributed by atoms with van der Waals surface area (Å²) in [5.74, 6) is 0. The number of unbranched alkanes of at least 4 members (excludes halogenated alkanes) is 3. The number of rotatable bonds is 7. The Morgan fingerprint density at radius 3 is 2.25 bits per heavy atom. The first-order valence-corrected chi connectivity index (χ1v) is 7.49. The van der Waals surface area contributed by atoms with E-state index in [0.717, 1.165) is 12.8 Å². The van der Waals surface area contributed by atoms with Gasteiger partial charge in [0.15, 0.2) is 0 Å². The molecule has 0 aromatic heterocycles. The second-order valence-corrected chi connectivity index (χ2v) is 5.70. The molecule has 16 heavy (non-hydrogen) atoms. The monoisotopic (exact) mass is 246 g/mol. The third kappa shape index (κ3) is 5.54. The van der Waals surface area contributed by atoms with E-state index < -0.39 is 0 Å². The molecule has 1 aliphatic rings. The molecule has 1 rings (SSSR count). The average Bonchev–Trinajstić information content (AvgIpc) is 2.24. The lowest BCUT2D eigenvalue weighted by molar-refractivity contribution is -0.0554. The van der Waals surface area contributed by atoms with Gasteiger partial charge in [0, 0.05) is 5.38 Å². The maximum Gasteiger partial charge on any atom is 0.0593 e. The highest BCUT2D eigenvalue weighted by Gasteiger charge is 2.27. The Balaban J connectivity index is 2.19. The zero-order valence-corrected chi connectivity index (χ0v) is 11.6. The second kappa shape index (κ2) is 8.36. The summed E-state index contributed by atoms with van der Waals surface area (Å²) < 4.78 is 6.09. The largest absolute Gasteiger partial charge is 0.375 e. The van der Waals surface area contributed by atoms with Gasteiger partial charge in [-0.2, -0.15) is 0 Å². The summed E-state index contributed by atoms with van der Waals surface area (Å²) in [5, 5.41) is 0.349. The first kappa shape index (κ1) is 14.3. The molecule has 1 heterocycles. The van der Waals surface area contributed by atoms with Crippen LogP contribution in [0.25, 0.3) is 0 Å². The number of halogens is 1. The summed E-state index contributed by atoms with van der Waals surface area (Å²) in [6.45, 7) is 4.47. The summed E-state index contributed by atoms with van der Waals surface area (Å²) in [5.41, 5.74) is 0. The molecule has 1 aliphatic heterocycles. The van der Waals surface area contributed by atoms with Crippen LogP contribution >= 0.6 is 11.6 Å². The molecule has 96 valence electrons. The van der Waals surface area contributed by atoms with Crippen molar-refractivity contribution in [2.75, 3.05) is 0 Å². The van der Waals surface area contributed by atoms with Crippen LogP contribution in [0.1, 0.15) is 71.6 Å². The lowest BCUT2D eigenvalue weighted by Gasteiger charge is -2.33. The van der Waals surface area contributed by atoms with Crippen LogP contribution in [0.4, 0.5) is 0 Å². The van der Waals surface area contributed by atoms with E-state index in [2.05, 4.69) is 13.8 Å². The van der Waals surface area contributed by atoms with E-state index in [1.54, 1.807) is 0 Å². The smallest absolute Gasteiger partial charge is 0.0593 e. The van der Waals surface area contributed by atoms with Gasteiger partial charge in [-0.05, 0) is 25.7 Å². The summed E-state index contributed by atoms with van der Waals surface area (Å²) in [6.07, 6.45) is 11.9. The maximum absolute atomic E-state index is 6.30. The molecule has 1 fully saturated rings. The number of ether oxygens (including phenoxy) is 1. The molecule has 0 aromatic carbocycles. The predicted octanol–water partition coefficient (Wildman–Crippen LogP) is 4.91. The van der Waals surface area contributed by atoms with Crippen molar-refractivity contribution in [2.24, 2.45) is 0 Å². The Bertz CT molecular complexity index is 172. The molecule has 0 spiro atoms. The highest BCUT2D eigenvalue weighted by molar-refractivity contribution is 6.20. The van der Waals surface area contributed by atoms with Gasteiger partial charge >= 0.3 is 0 Å². The van der Waals surface area contributed by atoms with Gasteiger partial charge in [0.05, 0.1) is 12.2 Å². The summed E-state index contributed by atoms with van der Waals surface area (Å²) >= 11 is 6.30. The molecule has 0 aromatic rings. The maximum atomic E-state index is 6.30. The van der Waals surface area contributed by atoms with Gasteiger partial charge in [-0.3, -0.25) is 0 Å². The second-order valence-electron chi connectivity index (χ2n) is 5.09. The SMILES string of the molecule is CCCCCC[C@H]1CC(Cl)C[C@@H](CCC)O1. The Kier molecular flexibility index (Phi) is 7.47. The van der Waals surface area contributed by atoms with E-state index in [9.17, 15) is 0 Å². The topological polar surface area (TPSA) is 9.23 Å². The fourth-order valence-electron chi connectivity index (χ4n) is 2.54. The number of hydrogen-bond donors (Lipinski definition) is 0. The molecule has 0 saturated carbocycles. The molecular weight excluding hydrogens is 220 g/mol. The third-order valence-electron chi connectivity index (χ3n) is 3.41. The van der Waals surface area contributed by atoms with Crippen molar-refractivity contribution in [2.45, 2.75) is 89.2 Å². The first-order chi connectivity index (χ1) is 7.76. The number of hydrogen-bond acceptors (Lipinski definition) is 1. The van der Waals surface area contributed by atoms with E-state index in [1.165, 1.54) is 44.9 Å². The highest BCUT2D eigenvalue weighted by Crippen LogP contribution is 2.28. The molecule has 1 saturated heterocycles. The van der Waals surface area contributed by atoms with Crippen LogP contribution in [-0.2, 0) is 4.74 Å². The van der Waals surface area contributed by atoms with Gasteiger partial charge in [0.1, 0.15) is 0 Å². The van der Waals surface area contributed by atoms with E-state index >= 15 is 0 Å². The van der Waals surface area contributed by atoms with Crippen molar-refractivity contribution in [1.82, 2.24) is 0 Å². The van der Waals surface area contributed by atoms with Gasteiger partial charge in [0.2, 0.25) is 0 Å². The summed E-state index contributed by atoms with van der Waals surface area (Å²) in [7, 11) is 0. The molecule has 0 aliphatic carbocycles. The van der Waals surface area contributed by atoms with Crippen LogP contribution in [0.2, 0.25) is 0 Å². The van der Waals surface area contributed by atoms with Crippen LogP contribution < -0.4 is 0 Å². The molecule has 3 atom stereocenters. The first-order valence-electron chi connectivity index (χ1n) is 7.05. The van der Waals surface area contributed by atoms with Crippen molar-refractivity contribution in [3.63, 3.8) is 0 Å². The lowest BCUT2D eigenvalue weighted by Crippen LogP contribution is -2.33. The molecule has 0 radical (unpaired) electrons. The molecule has 0 amide bonds. The molecule has 1 nitrogen and oxygen atoms in total. The third-order valence-corrected chi connectivity index (χ3v) is 3.77. The Morgan fingerprint density at radius 1 is 0.938 bits per heavy atom. The Labute approximate surface area is 106 Å². The van der Waals surface area contributed by atoms with Crippen LogP contribution in [0, 0.1) is 0 Å². The van der Waals surface area contributed by atoms with Crippen molar-refractivity contribution < 1.29 is 4.74 Å². The van der Waals surface area contributed by atoms with E-state index in [-0.39, 0.29) is 0 Å². The van der Waals surface area contributed by atoms with Gasteiger partial charge in [-0.1, -0.05) is 46.0 Å². The predicted molar refractivity (Wildman–Crippen MR) is 71.2 cm³/mol. The minimum Gasteiger partial charge on any atom is -0.375 e. The van der Waals surface area contributed by atoms with E-state index in [1.807, 2.05) is 0 Å². The van der Waals surface area contributed by atoms with E-state index in [0.29, 0.717) is 17.6 Å². The molecule has 0 N–H and O–H groups in total. The van der Waals surface area contributed by atoms with Crippen molar-refractivity contribution in [3.05, 3.63) is 0 Å². The Hall–Kier alpha value is 0.250. The van der Waals surface area contributed by atoms with Gasteiger partial charge in [0.25, 0.3) is 0 Å². The molecule has 1 unspecified atom stereocenters. The highest BCUT2D eigenvalue weighted by atomic mass is 35.5. The van der Waals surface area contributed by atoms with Crippen molar-refractivity contribution in [3.8, 4) is 0 Å². The summed E-state index contributed by atoms with van der Waals surface area (Å²) in [6, 6.07) is 0. The number of alkyl halides is 1. The fourth-order valence-corrected chi connectivity index (χ4v) is 2.94. The zero-order chi connectivity index (χ0) is 11.8. The van der Waals surface area contributed by atoms with Crippen LogP contribution in [0.5, 0.6) is 0 Å². The van der Waals surface area contributed by atoms with Crippen molar-refractivity contribution >= 4 is 11.6 Å². The van der Waals surface area contributed by atoms with Crippen molar-refractivity contribution in [1.29, 1.82) is 0 Å². The average molecular weight is 247 g/mol. The van der Waals surface area contributed by atoms with Gasteiger partial charge in [-0.15, -0.1) is 11.6 Å². The molecule has 2 heteroatoms. The standard InChI is InChI=1S/C14H27ClO/c1-3-5-6-7-9-14-11-12(15)10-13(16-14)8-4-2/h12-14H,3-11H2,1-2H3/t12?,13-,14+/m1/s1. The quantitative estimate of drug-likeness (QED) is 0.458. The minimum absolute atomic E-state index is 0.349. The van der Waals surface area contributed by atoms with Crippen LogP contribution in [-0.4, -0.2) is 17.6 Å². The van der Waals surface area contributed by atoms with Crippen LogP contribution in [0.15, 0.2) is 0 Å². The Morgan fingerprint density at radius 2 is 1.62 bits per heavy atom.